The number of carboxylic acid groups (broad SMARTS) is 1. The van der Waals surface area contributed by atoms with E-state index in [1.54, 1.807) is 12.1 Å². The third kappa shape index (κ3) is 3.92. The van der Waals surface area contributed by atoms with E-state index in [9.17, 15) is 13.2 Å². The highest BCUT2D eigenvalue weighted by Gasteiger charge is 2.29. The summed E-state index contributed by atoms with van der Waals surface area (Å²) in [5.74, 6) is -1.09. The maximum atomic E-state index is 12.7. The van der Waals surface area contributed by atoms with Gasteiger partial charge in [0.05, 0.1) is 34.7 Å². The summed E-state index contributed by atoms with van der Waals surface area (Å²) in [5.41, 5.74) is 0.742. The monoisotopic (exact) mass is 388 g/mol. The van der Waals surface area contributed by atoms with Crippen molar-refractivity contribution in [2.45, 2.75) is 17.7 Å². The van der Waals surface area contributed by atoms with Gasteiger partial charge >= 0.3 is 5.97 Å². The van der Waals surface area contributed by atoms with E-state index in [0.29, 0.717) is 57.3 Å². The van der Waals surface area contributed by atoms with Crippen molar-refractivity contribution < 1.29 is 23.1 Å². The third-order valence-corrected chi connectivity index (χ3v) is 6.91. The lowest BCUT2D eigenvalue weighted by molar-refractivity contribution is -0.142. The number of carboxylic acids is 1. The molecule has 0 radical (unpaired) electrons. The molecule has 0 atom stereocenters. The molecule has 3 rings (SSSR count). The molecule has 0 aliphatic carbocycles. The second-order valence-electron chi connectivity index (χ2n) is 6.23. The molecule has 0 bridgehead atoms. The lowest BCUT2D eigenvalue weighted by Crippen LogP contribution is -2.40. The Kier molecular flexibility index (Phi) is 5.52. The van der Waals surface area contributed by atoms with Crippen LogP contribution < -0.4 is 4.90 Å². The SMILES string of the molecule is O=C(O)C1CCN(c2ccc(S(=O)(=O)N3CCOCC3)cc2Cl)CC1. The molecule has 0 unspecified atom stereocenters. The average Bonchev–Trinajstić information content (AvgIpc) is 2.62. The molecule has 2 fully saturated rings. The first-order valence-corrected chi connectivity index (χ1v) is 10.1. The molecule has 138 valence electrons. The van der Waals surface area contributed by atoms with Gasteiger partial charge in [0.25, 0.3) is 0 Å². The molecule has 2 heterocycles. The number of hydrogen-bond donors (Lipinski definition) is 1. The van der Waals surface area contributed by atoms with E-state index in [1.165, 1.54) is 10.4 Å². The molecule has 1 aromatic rings. The molecular formula is C16H21ClN2O5S. The summed E-state index contributed by atoms with van der Waals surface area (Å²) in [4.78, 5) is 13.2. The molecule has 0 aromatic heterocycles. The summed E-state index contributed by atoms with van der Waals surface area (Å²) < 4.78 is 32.0. The van der Waals surface area contributed by atoms with Crippen molar-refractivity contribution in [3.8, 4) is 0 Å². The van der Waals surface area contributed by atoms with Gasteiger partial charge in [-0.05, 0) is 31.0 Å². The van der Waals surface area contributed by atoms with E-state index in [0.717, 1.165) is 5.69 Å². The molecule has 25 heavy (non-hydrogen) atoms. The maximum Gasteiger partial charge on any atom is 0.306 e. The van der Waals surface area contributed by atoms with Gasteiger partial charge in [0.2, 0.25) is 10.0 Å². The van der Waals surface area contributed by atoms with Gasteiger partial charge < -0.3 is 14.7 Å². The standard InChI is InChI=1S/C16H21ClN2O5S/c17-14-11-13(25(22,23)19-7-9-24-10-8-19)1-2-15(14)18-5-3-12(4-6-18)16(20)21/h1-2,11-12H,3-10H2,(H,20,21). The van der Waals surface area contributed by atoms with Gasteiger partial charge in [-0.3, -0.25) is 4.79 Å². The zero-order chi connectivity index (χ0) is 18.0. The first kappa shape index (κ1) is 18.4. The van der Waals surface area contributed by atoms with Crippen LogP contribution in [0.25, 0.3) is 0 Å². The van der Waals surface area contributed by atoms with Gasteiger partial charge in [-0.2, -0.15) is 4.31 Å². The van der Waals surface area contributed by atoms with Gasteiger partial charge in [-0.15, -0.1) is 0 Å². The minimum atomic E-state index is -3.58. The molecule has 0 saturated carbocycles. The fraction of sp³-hybridized carbons (Fsp3) is 0.562. The number of benzene rings is 1. The molecule has 1 N–H and O–H groups in total. The number of carbonyl (C=O) groups is 1. The summed E-state index contributed by atoms with van der Waals surface area (Å²) in [6.45, 7) is 2.64. The van der Waals surface area contributed by atoms with E-state index in [4.69, 9.17) is 21.4 Å². The number of piperidine rings is 1. The molecule has 7 nitrogen and oxygen atoms in total. The van der Waals surface area contributed by atoms with Crippen LogP contribution in [0, 0.1) is 5.92 Å². The van der Waals surface area contributed by atoms with Crippen LogP contribution in [-0.2, 0) is 19.6 Å². The molecule has 2 aliphatic rings. The van der Waals surface area contributed by atoms with E-state index in [1.807, 2.05) is 4.90 Å². The number of morpholine rings is 1. The molecular weight excluding hydrogens is 368 g/mol. The van der Waals surface area contributed by atoms with Crippen LogP contribution in [0.4, 0.5) is 5.69 Å². The van der Waals surface area contributed by atoms with Gasteiger partial charge in [0, 0.05) is 26.2 Å². The second kappa shape index (κ2) is 7.49. The van der Waals surface area contributed by atoms with E-state index in [-0.39, 0.29) is 10.8 Å². The van der Waals surface area contributed by atoms with Crippen molar-refractivity contribution >= 4 is 33.3 Å². The summed E-state index contributed by atoms with van der Waals surface area (Å²) in [6.07, 6.45) is 1.11. The molecule has 2 saturated heterocycles. The Morgan fingerprint density at radius 2 is 1.80 bits per heavy atom. The maximum absolute atomic E-state index is 12.7. The number of nitrogens with zero attached hydrogens (tertiary/aromatic N) is 2. The predicted octanol–water partition coefficient (Wildman–Crippen LogP) is 1.66. The zero-order valence-electron chi connectivity index (χ0n) is 13.7. The van der Waals surface area contributed by atoms with Gasteiger partial charge in [-0.1, -0.05) is 11.6 Å². The molecule has 1 aromatic carbocycles. The molecule has 0 spiro atoms. The van der Waals surface area contributed by atoms with E-state index in [2.05, 4.69) is 0 Å². The Hall–Kier alpha value is -1.35. The topological polar surface area (TPSA) is 87.2 Å². The summed E-state index contributed by atoms with van der Waals surface area (Å²) >= 11 is 6.34. The summed E-state index contributed by atoms with van der Waals surface area (Å²) in [6, 6.07) is 4.75. The minimum absolute atomic E-state index is 0.170. The number of hydrogen-bond acceptors (Lipinski definition) is 5. The van der Waals surface area contributed by atoms with Crippen LogP contribution >= 0.6 is 11.6 Å². The fourth-order valence-corrected chi connectivity index (χ4v) is 5.01. The first-order valence-electron chi connectivity index (χ1n) is 8.25. The number of ether oxygens (including phenoxy) is 1. The smallest absolute Gasteiger partial charge is 0.306 e. The number of anilines is 1. The van der Waals surface area contributed by atoms with Gasteiger partial charge in [-0.25, -0.2) is 8.42 Å². The van der Waals surface area contributed by atoms with Crippen molar-refractivity contribution in [1.82, 2.24) is 4.31 Å². The van der Waals surface area contributed by atoms with Crippen LogP contribution in [0.5, 0.6) is 0 Å². The number of rotatable bonds is 4. The highest BCUT2D eigenvalue weighted by molar-refractivity contribution is 7.89. The van der Waals surface area contributed by atoms with Crippen molar-refractivity contribution in [2.24, 2.45) is 5.92 Å². The lowest BCUT2D eigenvalue weighted by atomic mass is 9.97. The van der Waals surface area contributed by atoms with Crippen molar-refractivity contribution in [2.75, 3.05) is 44.3 Å². The summed E-state index contributed by atoms with van der Waals surface area (Å²) in [7, 11) is -3.58. The Labute approximate surface area is 152 Å². The predicted molar refractivity (Wildman–Crippen MR) is 93.6 cm³/mol. The second-order valence-corrected chi connectivity index (χ2v) is 8.57. The van der Waals surface area contributed by atoms with Crippen LogP contribution in [0.2, 0.25) is 5.02 Å². The Bertz CT molecular complexity index is 741. The Morgan fingerprint density at radius 3 is 2.36 bits per heavy atom. The van der Waals surface area contributed by atoms with Gasteiger partial charge in [0.15, 0.2) is 0 Å². The van der Waals surface area contributed by atoms with Crippen LogP contribution in [-0.4, -0.2) is 63.2 Å². The lowest BCUT2D eigenvalue weighted by Gasteiger charge is -2.32. The normalized spacial score (nSPS) is 20.6. The number of sulfonamides is 1. The van der Waals surface area contributed by atoms with E-state index >= 15 is 0 Å². The van der Waals surface area contributed by atoms with E-state index < -0.39 is 16.0 Å². The molecule has 0 amide bonds. The Morgan fingerprint density at radius 1 is 1.16 bits per heavy atom. The number of halogens is 1. The van der Waals surface area contributed by atoms with Gasteiger partial charge in [0.1, 0.15) is 0 Å². The van der Waals surface area contributed by atoms with Crippen molar-refractivity contribution in [3.63, 3.8) is 0 Å². The quantitative estimate of drug-likeness (QED) is 0.844. The average molecular weight is 389 g/mol. The zero-order valence-corrected chi connectivity index (χ0v) is 15.3. The third-order valence-electron chi connectivity index (χ3n) is 4.71. The molecule has 2 aliphatic heterocycles. The highest BCUT2D eigenvalue weighted by atomic mass is 35.5. The van der Waals surface area contributed by atoms with Crippen LogP contribution in [0.15, 0.2) is 23.1 Å². The minimum Gasteiger partial charge on any atom is -0.481 e. The summed E-state index contributed by atoms with van der Waals surface area (Å²) in [5, 5.41) is 9.44. The molecule has 9 heteroatoms. The highest BCUT2D eigenvalue weighted by Crippen LogP contribution is 2.32. The van der Waals surface area contributed by atoms with Crippen LogP contribution in [0.1, 0.15) is 12.8 Å². The van der Waals surface area contributed by atoms with Crippen molar-refractivity contribution in [3.05, 3.63) is 23.2 Å². The van der Waals surface area contributed by atoms with Crippen LogP contribution in [0.3, 0.4) is 0 Å². The van der Waals surface area contributed by atoms with Crippen molar-refractivity contribution in [1.29, 1.82) is 0 Å². The Balaban J connectivity index is 1.76. The fourth-order valence-electron chi connectivity index (χ4n) is 3.21. The first-order chi connectivity index (χ1) is 11.9. The number of aliphatic carboxylic acids is 1. The largest absolute Gasteiger partial charge is 0.481 e.